The Balaban J connectivity index is 2.23. The standard InChI is InChI=1S/C12H21N3O2/c1-10(14-12(17)13-7-9-16)5-6-11-4-3-8-15(11)2/h3-4,8,10,16H,5-7,9H2,1-2H3,(H2,13,14,17). The molecule has 0 bridgehead atoms. The fourth-order valence-corrected chi connectivity index (χ4v) is 1.64. The zero-order valence-electron chi connectivity index (χ0n) is 10.4. The van der Waals surface area contributed by atoms with Crippen molar-refractivity contribution in [1.82, 2.24) is 15.2 Å². The molecule has 0 aliphatic rings. The lowest BCUT2D eigenvalue weighted by Gasteiger charge is -2.14. The van der Waals surface area contributed by atoms with Crippen LogP contribution in [-0.2, 0) is 13.5 Å². The first-order valence-electron chi connectivity index (χ1n) is 5.89. The van der Waals surface area contributed by atoms with E-state index < -0.39 is 0 Å². The summed E-state index contributed by atoms with van der Waals surface area (Å²) < 4.78 is 2.08. The Morgan fingerprint density at radius 1 is 1.59 bits per heavy atom. The van der Waals surface area contributed by atoms with Gasteiger partial charge in [-0.15, -0.1) is 0 Å². The summed E-state index contributed by atoms with van der Waals surface area (Å²) in [7, 11) is 2.02. The van der Waals surface area contributed by atoms with Crippen molar-refractivity contribution in [2.24, 2.45) is 7.05 Å². The van der Waals surface area contributed by atoms with Crippen LogP contribution in [0.1, 0.15) is 19.0 Å². The van der Waals surface area contributed by atoms with Crippen LogP contribution in [0.3, 0.4) is 0 Å². The highest BCUT2D eigenvalue weighted by Gasteiger charge is 2.07. The summed E-state index contributed by atoms with van der Waals surface area (Å²) >= 11 is 0. The number of aliphatic hydroxyl groups excluding tert-OH is 1. The molecule has 1 atom stereocenters. The summed E-state index contributed by atoms with van der Waals surface area (Å²) in [6.45, 7) is 2.23. The zero-order chi connectivity index (χ0) is 12.7. The molecule has 1 heterocycles. The summed E-state index contributed by atoms with van der Waals surface area (Å²) in [5.41, 5.74) is 1.26. The van der Waals surface area contributed by atoms with E-state index in [2.05, 4.69) is 21.3 Å². The number of amides is 2. The number of nitrogens with zero attached hydrogens (tertiary/aromatic N) is 1. The van der Waals surface area contributed by atoms with Crippen molar-refractivity contribution in [2.45, 2.75) is 25.8 Å². The second-order valence-corrected chi connectivity index (χ2v) is 4.17. The van der Waals surface area contributed by atoms with Gasteiger partial charge in [-0.05, 0) is 31.9 Å². The van der Waals surface area contributed by atoms with E-state index in [4.69, 9.17) is 5.11 Å². The summed E-state index contributed by atoms with van der Waals surface area (Å²) in [6, 6.07) is 3.99. The minimum atomic E-state index is -0.224. The monoisotopic (exact) mass is 239 g/mol. The maximum Gasteiger partial charge on any atom is 0.315 e. The number of rotatable bonds is 6. The summed E-state index contributed by atoms with van der Waals surface area (Å²) in [5, 5.41) is 14.0. The van der Waals surface area contributed by atoms with E-state index in [-0.39, 0.29) is 25.2 Å². The van der Waals surface area contributed by atoms with E-state index in [0.29, 0.717) is 0 Å². The fourth-order valence-electron chi connectivity index (χ4n) is 1.64. The van der Waals surface area contributed by atoms with Gasteiger partial charge < -0.3 is 20.3 Å². The van der Waals surface area contributed by atoms with Crippen molar-refractivity contribution in [3.05, 3.63) is 24.0 Å². The van der Waals surface area contributed by atoms with Crippen LogP contribution in [0.5, 0.6) is 0 Å². The third-order valence-corrected chi connectivity index (χ3v) is 2.66. The first-order chi connectivity index (χ1) is 8.13. The number of urea groups is 1. The molecule has 96 valence electrons. The van der Waals surface area contributed by atoms with Gasteiger partial charge in [0.15, 0.2) is 0 Å². The molecule has 0 aromatic carbocycles. The molecule has 0 aliphatic heterocycles. The minimum Gasteiger partial charge on any atom is -0.395 e. The quantitative estimate of drug-likeness (QED) is 0.682. The van der Waals surface area contributed by atoms with Crippen LogP contribution in [0.25, 0.3) is 0 Å². The molecular weight excluding hydrogens is 218 g/mol. The molecule has 0 saturated heterocycles. The van der Waals surface area contributed by atoms with Gasteiger partial charge in [0.2, 0.25) is 0 Å². The van der Waals surface area contributed by atoms with Gasteiger partial charge in [-0.2, -0.15) is 0 Å². The van der Waals surface area contributed by atoms with E-state index >= 15 is 0 Å². The van der Waals surface area contributed by atoms with Crippen LogP contribution in [-0.4, -0.2) is 34.9 Å². The number of carbonyl (C=O) groups is 1. The molecule has 0 radical (unpaired) electrons. The molecule has 5 heteroatoms. The number of aryl methyl sites for hydroxylation is 2. The summed E-state index contributed by atoms with van der Waals surface area (Å²) in [6.07, 6.45) is 3.84. The van der Waals surface area contributed by atoms with Crippen molar-refractivity contribution >= 4 is 6.03 Å². The van der Waals surface area contributed by atoms with E-state index in [9.17, 15) is 4.79 Å². The van der Waals surface area contributed by atoms with Crippen LogP contribution >= 0.6 is 0 Å². The maximum atomic E-state index is 11.3. The fraction of sp³-hybridized carbons (Fsp3) is 0.583. The van der Waals surface area contributed by atoms with Gasteiger partial charge in [0, 0.05) is 31.5 Å². The van der Waals surface area contributed by atoms with Crippen molar-refractivity contribution in [1.29, 1.82) is 0 Å². The number of hydrogen-bond donors (Lipinski definition) is 3. The molecule has 0 aliphatic carbocycles. The molecule has 5 nitrogen and oxygen atoms in total. The Bertz CT molecular complexity index is 349. The maximum absolute atomic E-state index is 11.3. The van der Waals surface area contributed by atoms with Gasteiger partial charge in [0.1, 0.15) is 0 Å². The number of aromatic nitrogens is 1. The molecule has 0 saturated carbocycles. The Morgan fingerprint density at radius 2 is 2.35 bits per heavy atom. The lowest BCUT2D eigenvalue weighted by atomic mass is 10.1. The summed E-state index contributed by atoms with van der Waals surface area (Å²) in [5.74, 6) is 0. The van der Waals surface area contributed by atoms with Crippen molar-refractivity contribution in [2.75, 3.05) is 13.2 Å². The average molecular weight is 239 g/mol. The van der Waals surface area contributed by atoms with Gasteiger partial charge in [0.25, 0.3) is 0 Å². The number of carbonyl (C=O) groups excluding carboxylic acids is 1. The number of nitrogens with one attached hydrogen (secondary N) is 2. The molecule has 2 amide bonds. The first kappa shape index (κ1) is 13.6. The van der Waals surface area contributed by atoms with Crippen molar-refractivity contribution < 1.29 is 9.90 Å². The lowest BCUT2D eigenvalue weighted by molar-refractivity contribution is 0.230. The number of hydrogen-bond acceptors (Lipinski definition) is 2. The van der Waals surface area contributed by atoms with E-state index in [0.717, 1.165) is 12.8 Å². The lowest BCUT2D eigenvalue weighted by Crippen LogP contribution is -2.41. The Labute approximate surface area is 102 Å². The normalized spacial score (nSPS) is 12.2. The van der Waals surface area contributed by atoms with Crippen LogP contribution in [0.2, 0.25) is 0 Å². The molecule has 3 N–H and O–H groups in total. The third-order valence-electron chi connectivity index (χ3n) is 2.66. The molecule has 0 fully saturated rings. The van der Waals surface area contributed by atoms with Gasteiger partial charge in [-0.25, -0.2) is 4.79 Å². The third kappa shape index (κ3) is 4.91. The molecule has 17 heavy (non-hydrogen) atoms. The molecule has 1 aromatic heterocycles. The van der Waals surface area contributed by atoms with Crippen molar-refractivity contribution in [3.63, 3.8) is 0 Å². The van der Waals surface area contributed by atoms with Gasteiger partial charge >= 0.3 is 6.03 Å². The van der Waals surface area contributed by atoms with E-state index in [1.165, 1.54) is 5.69 Å². The zero-order valence-corrected chi connectivity index (χ0v) is 10.4. The van der Waals surface area contributed by atoms with Gasteiger partial charge in [-0.3, -0.25) is 0 Å². The second-order valence-electron chi connectivity index (χ2n) is 4.17. The summed E-state index contributed by atoms with van der Waals surface area (Å²) in [4.78, 5) is 11.3. The predicted octanol–water partition coefficient (Wildman–Crippen LogP) is 0.638. The van der Waals surface area contributed by atoms with Crippen LogP contribution in [0.4, 0.5) is 4.79 Å². The molecule has 1 rings (SSSR count). The van der Waals surface area contributed by atoms with Gasteiger partial charge in [0.05, 0.1) is 6.61 Å². The Kier molecular flexibility index (Phi) is 5.56. The number of aliphatic hydroxyl groups is 1. The first-order valence-corrected chi connectivity index (χ1v) is 5.89. The topological polar surface area (TPSA) is 66.3 Å². The van der Waals surface area contributed by atoms with E-state index in [1.807, 2.05) is 26.2 Å². The molecular formula is C12H21N3O2. The largest absolute Gasteiger partial charge is 0.395 e. The smallest absolute Gasteiger partial charge is 0.315 e. The second kappa shape index (κ2) is 6.96. The molecule has 1 aromatic rings. The van der Waals surface area contributed by atoms with E-state index in [1.54, 1.807) is 0 Å². The SMILES string of the molecule is CC(CCc1cccn1C)NC(=O)NCCO. The highest BCUT2D eigenvalue weighted by Crippen LogP contribution is 2.05. The predicted molar refractivity (Wildman–Crippen MR) is 66.8 cm³/mol. The molecule has 1 unspecified atom stereocenters. The van der Waals surface area contributed by atoms with Crippen LogP contribution < -0.4 is 10.6 Å². The van der Waals surface area contributed by atoms with Crippen LogP contribution in [0, 0.1) is 0 Å². The Hall–Kier alpha value is -1.49. The van der Waals surface area contributed by atoms with Gasteiger partial charge in [-0.1, -0.05) is 0 Å². The van der Waals surface area contributed by atoms with Crippen LogP contribution in [0.15, 0.2) is 18.3 Å². The highest BCUT2D eigenvalue weighted by molar-refractivity contribution is 5.74. The molecule has 0 spiro atoms. The Morgan fingerprint density at radius 3 is 2.94 bits per heavy atom. The highest BCUT2D eigenvalue weighted by atomic mass is 16.3. The average Bonchev–Trinajstić information content (AvgIpc) is 2.69. The van der Waals surface area contributed by atoms with Crippen molar-refractivity contribution in [3.8, 4) is 0 Å². The minimum absolute atomic E-state index is 0.0366.